The second kappa shape index (κ2) is 12.1. The largest absolute Gasteiger partial charge is 0.497 e. The van der Waals surface area contributed by atoms with Gasteiger partial charge in [-0.15, -0.1) is 0 Å². The number of ether oxygens (including phenoxy) is 1. The topological polar surface area (TPSA) is 64.4 Å². The number of anilines is 2. The van der Waals surface area contributed by atoms with Gasteiger partial charge in [0.1, 0.15) is 5.75 Å². The molecule has 4 aromatic carbocycles. The smallest absolute Gasteiger partial charge is 0.263 e. The summed E-state index contributed by atoms with van der Waals surface area (Å²) >= 11 is 1.32. The van der Waals surface area contributed by atoms with Gasteiger partial charge in [0.15, 0.2) is 5.16 Å². The average molecular weight is 614 g/mol. The fourth-order valence-electron chi connectivity index (χ4n) is 7.00. The molecule has 1 aromatic heterocycles. The van der Waals surface area contributed by atoms with Crippen LogP contribution in [0.2, 0.25) is 0 Å². The molecule has 0 bridgehead atoms. The molecule has 7 heteroatoms. The number of nitrogens with zero attached hydrogens (tertiary/aromatic N) is 3. The molecule has 0 saturated heterocycles. The predicted molar refractivity (Wildman–Crippen MR) is 181 cm³/mol. The van der Waals surface area contributed by atoms with Crippen molar-refractivity contribution in [3.63, 3.8) is 0 Å². The molecule has 0 aliphatic heterocycles. The van der Waals surface area contributed by atoms with E-state index in [0.29, 0.717) is 16.6 Å². The Morgan fingerprint density at radius 3 is 2.09 bits per heavy atom. The third-order valence-electron chi connectivity index (χ3n) is 9.15. The molecule has 2 aliphatic rings. The molecule has 226 valence electrons. The zero-order chi connectivity index (χ0) is 31.0. The minimum Gasteiger partial charge on any atom is -0.497 e. The number of benzene rings is 4. The number of methoxy groups -OCH3 is 1. The first kappa shape index (κ1) is 29.1. The minimum absolute atomic E-state index is 0.0494. The van der Waals surface area contributed by atoms with Gasteiger partial charge in [-0.3, -0.25) is 19.1 Å². The Morgan fingerprint density at radius 2 is 1.47 bits per heavy atom. The van der Waals surface area contributed by atoms with Gasteiger partial charge in [0, 0.05) is 22.4 Å². The number of carbonyl (C=O) groups is 1. The van der Waals surface area contributed by atoms with E-state index >= 15 is 0 Å². The molecule has 1 saturated carbocycles. The van der Waals surface area contributed by atoms with Crippen LogP contribution in [-0.2, 0) is 16.6 Å². The van der Waals surface area contributed by atoms with Gasteiger partial charge >= 0.3 is 0 Å². The van der Waals surface area contributed by atoms with Crippen molar-refractivity contribution in [2.45, 2.75) is 54.8 Å². The number of para-hydroxylation sites is 2. The molecule has 1 amide bonds. The van der Waals surface area contributed by atoms with Crippen molar-refractivity contribution in [2.75, 3.05) is 12.0 Å². The van der Waals surface area contributed by atoms with Crippen molar-refractivity contribution >= 4 is 29.0 Å². The third kappa shape index (κ3) is 5.25. The molecule has 7 rings (SSSR count). The maximum Gasteiger partial charge on any atom is 0.263 e. The monoisotopic (exact) mass is 613 g/mol. The molecule has 1 atom stereocenters. The summed E-state index contributed by atoms with van der Waals surface area (Å²) in [7, 11) is 1.63. The molecule has 0 N–H and O–H groups in total. The lowest BCUT2D eigenvalue weighted by atomic mass is 9.68. The summed E-state index contributed by atoms with van der Waals surface area (Å²) in [5.74, 6) is 0.608. The van der Waals surface area contributed by atoms with E-state index in [-0.39, 0.29) is 16.9 Å². The van der Waals surface area contributed by atoms with Crippen molar-refractivity contribution in [2.24, 2.45) is 0 Å². The number of amides is 1. The summed E-state index contributed by atoms with van der Waals surface area (Å²) in [4.78, 5) is 36.3. The first-order chi connectivity index (χ1) is 22.0. The molecule has 5 aromatic rings. The van der Waals surface area contributed by atoms with Crippen molar-refractivity contribution in [1.82, 2.24) is 9.55 Å². The number of rotatable bonds is 7. The molecule has 1 unspecified atom stereocenters. The minimum atomic E-state index is -0.556. The highest BCUT2D eigenvalue weighted by Crippen LogP contribution is 2.50. The molecule has 1 heterocycles. The molecule has 1 fully saturated rings. The maximum absolute atomic E-state index is 14.9. The van der Waals surface area contributed by atoms with Crippen LogP contribution < -0.4 is 15.2 Å². The van der Waals surface area contributed by atoms with Crippen molar-refractivity contribution in [3.05, 3.63) is 131 Å². The molecular weight excluding hydrogens is 579 g/mol. The van der Waals surface area contributed by atoms with E-state index in [0.717, 1.165) is 60.3 Å². The Bertz CT molecular complexity index is 1860. The SMILES string of the molecule is COc1ccc(-n2c(SC(C)C(=O)N(c3ccccc3)c3ccccc3)nc3c(c2=O)C2(CCCC2)Cc2ccccc2-3)cc1. The quantitative estimate of drug-likeness (QED) is 0.137. The summed E-state index contributed by atoms with van der Waals surface area (Å²) in [6.07, 6.45) is 4.98. The van der Waals surface area contributed by atoms with Gasteiger partial charge < -0.3 is 4.74 Å². The molecule has 6 nitrogen and oxygen atoms in total. The summed E-state index contributed by atoms with van der Waals surface area (Å²) in [5.41, 5.74) is 5.81. The standard InChI is InChI=1S/C38H35N3O3S/c1-26(35(42)40(28-14-5-3-6-15-28)29-16-7-4-8-17-29)45-37-39-34-32-18-10-9-13-27(32)25-38(23-11-12-24-38)33(34)36(43)41(37)30-19-21-31(44-2)22-20-30/h3-10,13-22,26H,11-12,23-25H2,1-2H3. The van der Waals surface area contributed by atoms with Gasteiger partial charge in [0.05, 0.1) is 29.3 Å². The number of fused-ring (bicyclic) bond motifs is 4. The van der Waals surface area contributed by atoms with Gasteiger partial charge in [-0.25, -0.2) is 4.98 Å². The van der Waals surface area contributed by atoms with Crippen molar-refractivity contribution in [1.29, 1.82) is 0 Å². The fourth-order valence-corrected chi connectivity index (χ4v) is 7.96. The highest BCUT2D eigenvalue weighted by Gasteiger charge is 2.45. The second-order valence-corrected chi connectivity index (χ2v) is 13.2. The lowest BCUT2D eigenvalue weighted by Crippen LogP contribution is -2.40. The molecule has 1 spiro atoms. The lowest BCUT2D eigenvalue weighted by Gasteiger charge is -2.36. The van der Waals surface area contributed by atoms with Crippen LogP contribution in [0.25, 0.3) is 16.9 Å². The Balaban J connectivity index is 1.38. The van der Waals surface area contributed by atoms with Crippen LogP contribution in [0.1, 0.15) is 43.7 Å². The zero-order valence-electron chi connectivity index (χ0n) is 25.5. The van der Waals surface area contributed by atoms with Gasteiger partial charge in [-0.2, -0.15) is 0 Å². The number of aromatic nitrogens is 2. The Hall–Kier alpha value is -4.62. The van der Waals surface area contributed by atoms with Crippen LogP contribution in [0, 0.1) is 0 Å². The van der Waals surface area contributed by atoms with Crippen molar-refractivity contribution < 1.29 is 9.53 Å². The number of hydrogen-bond donors (Lipinski definition) is 0. The first-order valence-corrected chi connectivity index (χ1v) is 16.4. The maximum atomic E-state index is 14.9. The highest BCUT2D eigenvalue weighted by molar-refractivity contribution is 8.00. The van der Waals surface area contributed by atoms with Crippen molar-refractivity contribution in [3.8, 4) is 22.7 Å². The average Bonchev–Trinajstić information content (AvgIpc) is 3.54. The number of carbonyl (C=O) groups excluding carboxylic acids is 1. The Kier molecular flexibility index (Phi) is 7.80. The Morgan fingerprint density at radius 1 is 0.867 bits per heavy atom. The van der Waals surface area contributed by atoms with Gasteiger partial charge in [-0.05, 0) is 80.3 Å². The van der Waals surface area contributed by atoms with Gasteiger partial charge in [0.25, 0.3) is 5.56 Å². The number of thioether (sulfide) groups is 1. The van der Waals surface area contributed by atoms with E-state index in [1.165, 1.54) is 17.3 Å². The van der Waals surface area contributed by atoms with E-state index in [4.69, 9.17) is 9.72 Å². The zero-order valence-corrected chi connectivity index (χ0v) is 26.3. The number of hydrogen-bond acceptors (Lipinski definition) is 5. The lowest BCUT2D eigenvalue weighted by molar-refractivity contribution is -0.117. The Labute approximate surface area is 267 Å². The molecule has 2 aliphatic carbocycles. The van der Waals surface area contributed by atoms with E-state index in [9.17, 15) is 9.59 Å². The van der Waals surface area contributed by atoms with Crippen LogP contribution in [0.3, 0.4) is 0 Å². The molecule has 0 radical (unpaired) electrons. The summed E-state index contributed by atoms with van der Waals surface area (Å²) < 4.78 is 7.14. The molecular formula is C38H35N3O3S. The van der Waals surface area contributed by atoms with Crippen LogP contribution in [0.15, 0.2) is 119 Å². The normalized spacial score (nSPS) is 15.2. The van der Waals surface area contributed by atoms with Crippen LogP contribution in [-0.4, -0.2) is 27.8 Å². The predicted octanol–water partition coefficient (Wildman–Crippen LogP) is 8.12. The van der Waals surface area contributed by atoms with Gasteiger partial charge in [0.2, 0.25) is 5.91 Å². The van der Waals surface area contributed by atoms with E-state index in [1.54, 1.807) is 16.6 Å². The first-order valence-electron chi connectivity index (χ1n) is 15.5. The van der Waals surface area contributed by atoms with E-state index < -0.39 is 5.25 Å². The van der Waals surface area contributed by atoms with Crippen LogP contribution >= 0.6 is 11.8 Å². The van der Waals surface area contributed by atoms with E-state index in [1.807, 2.05) is 97.9 Å². The van der Waals surface area contributed by atoms with Gasteiger partial charge in [-0.1, -0.05) is 85.3 Å². The fraction of sp³-hybridized carbons (Fsp3) is 0.237. The summed E-state index contributed by atoms with van der Waals surface area (Å²) in [5, 5.41) is -0.0603. The van der Waals surface area contributed by atoms with Crippen LogP contribution in [0.5, 0.6) is 5.75 Å². The highest BCUT2D eigenvalue weighted by atomic mass is 32.2. The summed E-state index contributed by atoms with van der Waals surface area (Å²) in [6.45, 7) is 1.89. The summed E-state index contributed by atoms with van der Waals surface area (Å²) in [6, 6.07) is 35.2. The van der Waals surface area contributed by atoms with Crippen LogP contribution in [0.4, 0.5) is 11.4 Å². The second-order valence-electron chi connectivity index (χ2n) is 11.9. The van der Waals surface area contributed by atoms with E-state index in [2.05, 4.69) is 18.2 Å². The third-order valence-corrected chi connectivity index (χ3v) is 10.2. The molecule has 45 heavy (non-hydrogen) atoms.